The number of hydrogen-bond acceptors (Lipinski definition) is 5. The molecule has 154 valence electrons. The molecule has 0 N–H and O–H groups in total. The summed E-state index contributed by atoms with van der Waals surface area (Å²) in [5.41, 5.74) is 0.589. The van der Waals surface area contributed by atoms with Gasteiger partial charge in [-0.05, 0) is 55.9 Å². The molecule has 0 spiro atoms. The number of aromatic nitrogens is 2. The summed E-state index contributed by atoms with van der Waals surface area (Å²) in [6.07, 6.45) is 6.20. The van der Waals surface area contributed by atoms with E-state index in [0.29, 0.717) is 54.9 Å². The molecule has 0 bridgehead atoms. The van der Waals surface area contributed by atoms with Crippen molar-refractivity contribution in [2.45, 2.75) is 55.1 Å². The van der Waals surface area contributed by atoms with Gasteiger partial charge in [-0.1, -0.05) is 0 Å². The van der Waals surface area contributed by atoms with Crippen LogP contribution in [0.25, 0.3) is 0 Å². The number of anilines is 2. The fourth-order valence-electron chi connectivity index (χ4n) is 3.86. The van der Waals surface area contributed by atoms with Crippen LogP contribution in [0.15, 0.2) is 41.4 Å². The number of rotatable bonds is 7. The van der Waals surface area contributed by atoms with E-state index in [1.165, 1.54) is 4.90 Å². The Morgan fingerprint density at radius 1 is 1.17 bits per heavy atom. The maximum atomic E-state index is 13.1. The molecule has 2 aliphatic rings. The lowest BCUT2D eigenvalue weighted by Gasteiger charge is -2.21. The second-order valence-electron chi connectivity index (χ2n) is 8.00. The zero-order valence-electron chi connectivity index (χ0n) is 16.5. The van der Waals surface area contributed by atoms with E-state index in [0.717, 1.165) is 6.42 Å². The lowest BCUT2D eigenvalue weighted by atomic mass is 10.0. The van der Waals surface area contributed by atoms with Gasteiger partial charge >= 0.3 is 0 Å². The average Bonchev–Trinajstić information content (AvgIpc) is 3.36. The van der Waals surface area contributed by atoms with Crippen molar-refractivity contribution in [3.63, 3.8) is 0 Å². The van der Waals surface area contributed by atoms with E-state index in [4.69, 9.17) is 0 Å². The minimum Gasteiger partial charge on any atom is -0.300 e. The van der Waals surface area contributed by atoms with Gasteiger partial charge in [0.2, 0.25) is 5.91 Å². The summed E-state index contributed by atoms with van der Waals surface area (Å²) in [5.74, 6) is 0.929. The number of aryl methyl sites for hydroxylation is 1. The second-order valence-corrected chi connectivity index (χ2v) is 10.2. The predicted molar refractivity (Wildman–Crippen MR) is 109 cm³/mol. The highest BCUT2D eigenvalue weighted by Gasteiger charge is 2.37. The molecule has 1 aromatic heterocycles. The summed E-state index contributed by atoms with van der Waals surface area (Å²) in [7, 11) is -1.49. The number of benzene rings is 1. The molecular weight excluding hydrogens is 390 g/mol. The first kappa shape index (κ1) is 19.8. The van der Waals surface area contributed by atoms with Gasteiger partial charge in [-0.3, -0.25) is 19.2 Å². The highest BCUT2D eigenvalue weighted by Crippen LogP contribution is 2.35. The molecule has 0 aliphatic heterocycles. The molecule has 0 radical (unpaired) electrons. The Labute approximate surface area is 170 Å². The molecule has 29 heavy (non-hydrogen) atoms. The van der Waals surface area contributed by atoms with Gasteiger partial charge in [-0.25, -0.2) is 8.42 Å². The number of carbonyl (C=O) groups excluding carboxylic acids is 2. The van der Waals surface area contributed by atoms with E-state index in [2.05, 4.69) is 5.10 Å². The quantitative estimate of drug-likeness (QED) is 0.693. The molecule has 2 saturated carbocycles. The zero-order chi connectivity index (χ0) is 20.6. The highest BCUT2D eigenvalue weighted by atomic mass is 32.2. The number of ketones is 1. The van der Waals surface area contributed by atoms with Crippen LogP contribution in [0.1, 0.15) is 44.9 Å². The maximum absolute atomic E-state index is 13.1. The summed E-state index contributed by atoms with van der Waals surface area (Å²) in [6, 6.07) is 8.23. The molecule has 1 unspecified atom stereocenters. The van der Waals surface area contributed by atoms with Crippen LogP contribution < -0.4 is 4.90 Å². The number of nitrogens with zero attached hydrogens (tertiary/aromatic N) is 3. The Bertz CT molecular complexity index is 1020. The van der Waals surface area contributed by atoms with Crippen molar-refractivity contribution in [3.8, 4) is 0 Å². The number of sulfone groups is 1. The average molecular weight is 416 g/mol. The molecule has 7 nitrogen and oxygen atoms in total. The zero-order valence-corrected chi connectivity index (χ0v) is 17.3. The van der Waals surface area contributed by atoms with Gasteiger partial charge < -0.3 is 0 Å². The van der Waals surface area contributed by atoms with Gasteiger partial charge in [-0.2, -0.15) is 5.10 Å². The van der Waals surface area contributed by atoms with Crippen LogP contribution >= 0.6 is 0 Å². The summed E-state index contributed by atoms with van der Waals surface area (Å²) in [4.78, 5) is 26.4. The monoisotopic (exact) mass is 415 g/mol. The van der Waals surface area contributed by atoms with Crippen LogP contribution in [0, 0.1) is 5.92 Å². The minimum atomic E-state index is -3.27. The Kier molecular flexibility index (Phi) is 5.29. The largest absolute Gasteiger partial charge is 0.300 e. The summed E-state index contributed by atoms with van der Waals surface area (Å²) >= 11 is 0. The van der Waals surface area contributed by atoms with E-state index < -0.39 is 9.84 Å². The van der Waals surface area contributed by atoms with Gasteiger partial charge in [0.05, 0.1) is 15.8 Å². The highest BCUT2D eigenvalue weighted by molar-refractivity contribution is 7.92. The first-order chi connectivity index (χ1) is 13.8. The maximum Gasteiger partial charge on any atom is 0.232 e. The van der Waals surface area contributed by atoms with Crippen molar-refractivity contribution in [3.05, 3.63) is 36.5 Å². The lowest BCUT2D eigenvalue weighted by molar-refractivity contribution is -0.119. The standard InChI is InChI=1S/C21H25N3O4S/c1-23-13-12-20(22-23)24(21(26)11-3-15-2-6-17(25)14-15)16-4-7-18(8-5-16)29(27,28)19-9-10-19/h4-5,7-8,12-13,15,19H,2-3,6,9-11,14H2,1H3. The van der Waals surface area contributed by atoms with Crippen LogP contribution in [0.4, 0.5) is 11.5 Å². The van der Waals surface area contributed by atoms with E-state index in [9.17, 15) is 18.0 Å². The summed E-state index contributed by atoms with van der Waals surface area (Å²) in [6.45, 7) is 0. The first-order valence-electron chi connectivity index (χ1n) is 10.0. The van der Waals surface area contributed by atoms with Gasteiger partial charge in [-0.15, -0.1) is 0 Å². The smallest absolute Gasteiger partial charge is 0.232 e. The first-order valence-corrected chi connectivity index (χ1v) is 11.6. The van der Waals surface area contributed by atoms with Crippen molar-refractivity contribution in [2.24, 2.45) is 13.0 Å². The van der Waals surface area contributed by atoms with Gasteiger partial charge in [0.15, 0.2) is 15.7 Å². The molecule has 1 aromatic carbocycles. The van der Waals surface area contributed by atoms with E-state index in [1.54, 1.807) is 48.3 Å². The molecule has 1 atom stereocenters. The SMILES string of the molecule is Cn1ccc(N(C(=O)CCC2CCC(=O)C2)c2ccc(S(=O)(=O)C3CC3)cc2)n1. The molecular formula is C21H25N3O4S. The fourth-order valence-corrected chi connectivity index (χ4v) is 5.52. The third-order valence-electron chi connectivity index (χ3n) is 5.68. The normalized spacial score (nSPS) is 19.5. The fraction of sp³-hybridized carbons (Fsp3) is 0.476. The second kappa shape index (κ2) is 7.74. The van der Waals surface area contributed by atoms with E-state index >= 15 is 0 Å². The topological polar surface area (TPSA) is 89.3 Å². The van der Waals surface area contributed by atoms with Crippen LogP contribution in [0.2, 0.25) is 0 Å². The molecule has 2 fully saturated rings. The van der Waals surface area contributed by atoms with Crippen molar-refractivity contribution >= 4 is 33.0 Å². The van der Waals surface area contributed by atoms with Crippen LogP contribution in [0.5, 0.6) is 0 Å². The Balaban J connectivity index is 1.55. The molecule has 0 saturated heterocycles. The minimum absolute atomic E-state index is 0.110. The van der Waals surface area contributed by atoms with E-state index in [-0.39, 0.29) is 22.9 Å². The Morgan fingerprint density at radius 2 is 1.90 bits per heavy atom. The Hall–Kier alpha value is -2.48. The number of amides is 1. The third kappa shape index (κ3) is 4.27. The molecule has 2 aliphatic carbocycles. The number of hydrogen-bond donors (Lipinski definition) is 0. The van der Waals surface area contributed by atoms with Crippen LogP contribution in [-0.4, -0.2) is 35.1 Å². The van der Waals surface area contributed by atoms with Crippen molar-refractivity contribution in [1.82, 2.24) is 9.78 Å². The predicted octanol–water partition coefficient (Wildman–Crippen LogP) is 3.17. The number of carbonyl (C=O) groups is 2. The van der Waals surface area contributed by atoms with Gasteiger partial charge in [0.1, 0.15) is 5.78 Å². The molecule has 1 amide bonds. The summed E-state index contributed by atoms with van der Waals surface area (Å²) < 4.78 is 26.5. The molecule has 8 heteroatoms. The number of Topliss-reactive ketones (excluding diaryl/α,β-unsaturated/α-hetero) is 1. The molecule has 1 heterocycles. The van der Waals surface area contributed by atoms with Gasteiger partial charge in [0.25, 0.3) is 0 Å². The van der Waals surface area contributed by atoms with Crippen LogP contribution in [0.3, 0.4) is 0 Å². The van der Waals surface area contributed by atoms with Gasteiger partial charge in [0, 0.05) is 38.6 Å². The van der Waals surface area contributed by atoms with Crippen molar-refractivity contribution in [2.75, 3.05) is 4.90 Å². The molecule has 4 rings (SSSR count). The van der Waals surface area contributed by atoms with Crippen LogP contribution in [-0.2, 0) is 26.5 Å². The van der Waals surface area contributed by atoms with Crippen molar-refractivity contribution < 1.29 is 18.0 Å². The lowest BCUT2D eigenvalue weighted by Crippen LogP contribution is -2.26. The molecule has 2 aromatic rings. The van der Waals surface area contributed by atoms with E-state index in [1.807, 2.05) is 0 Å². The third-order valence-corrected chi connectivity index (χ3v) is 7.96. The van der Waals surface area contributed by atoms with Crippen molar-refractivity contribution in [1.29, 1.82) is 0 Å². The Morgan fingerprint density at radius 3 is 2.45 bits per heavy atom. The summed E-state index contributed by atoms with van der Waals surface area (Å²) in [5, 5.41) is 4.09.